The van der Waals surface area contributed by atoms with E-state index in [1.165, 1.54) is 6.26 Å². The number of aromatic nitrogens is 2. The zero-order valence-corrected chi connectivity index (χ0v) is 13.3. The third kappa shape index (κ3) is 3.36. The Labute approximate surface area is 130 Å². The van der Waals surface area contributed by atoms with Gasteiger partial charge in [0.2, 0.25) is 10.0 Å². The van der Waals surface area contributed by atoms with Crippen LogP contribution in [0.2, 0.25) is 0 Å². The minimum atomic E-state index is -3.12. The van der Waals surface area contributed by atoms with E-state index in [1.54, 1.807) is 4.31 Å². The van der Waals surface area contributed by atoms with Crippen molar-refractivity contribution in [1.82, 2.24) is 14.4 Å². The topological polar surface area (TPSA) is 76.3 Å². The molecule has 1 unspecified atom stereocenters. The van der Waals surface area contributed by atoms with E-state index in [4.69, 9.17) is 4.52 Å². The van der Waals surface area contributed by atoms with Crippen LogP contribution in [0.25, 0.3) is 11.5 Å². The Bertz CT molecular complexity index is 728. The first-order valence-corrected chi connectivity index (χ1v) is 9.24. The molecule has 118 valence electrons. The molecule has 0 bridgehead atoms. The molecule has 0 radical (unpaired) electrons. The van der Waals surface area contributed by atoms with E-state index >= 15 is 0 Å². The first kappa shape index (κ1) is 15.2. The maximum absolute atomic E-state index is 11.7. The van der Waals surface area contributed by atoms with Crippen molar-refractivity contribution in [1.29, 1.82) is 0 Å². The van der Waals surface area contributed by atoms with Crippen molar-refractivity contribution in [3.8, 4) is 11.5 Å². The molecule has 1 fully saturated rings. The molecule has 0 spiro atoms. The molecule has 2 aromatic rings. The predicted octanol–water partition coefficient (Wildman–Crippen LogP) is 2.09. The molecule has 6 nitrogen and oxygen atoms in total. The van der Waals surface area contributed by atoms with Crippen molar-refractivity contribution in [3.05, 3.63) is 36.2 Å². The summed E-state index contributed by atoms with van der Waals surface area (Å²) >= 11 is 0. The maximum atomic E-state index is 11.7. The third-order valence-corrected chi connectivity index (χ3v) is 5.27. The van der Waals surface area contributed by atoms with E-state index in [0.717, 1.165) is 24.8 Å². The van der Waals surface area contributed by atoms with Crippen LogP contribution in [-0.2, 0) is 16.4 Å². The molecule has 1 aromatic heterocycles. The van der Waals surface area contributed by atoms with Crippen molar-refractivity contribution in [2.75, 3.05) is 12.8 Å². The van der Waals surface area contributed by atoms with Crippen LogP contribution in [0.1, 0.15) is 25.1 Å². The third-order valence-electron chi connectivity index (χ3n) is 3.94. The Kier molecular flexibility index (Phi) is 4.26. The van der Waals surface area contributed by atoms with Crippen LogP contribution in [0.4, 0.5) is 0 Å². The number of sulfonamides is 1. The largest absolute Gasteiger partial charge is 0.334 e. The van der Waals surface area contributed by atoms with E-state index < -0.39 is 10.0 Å². The van der Waals surface area contributed by atoms with Gasteiger partial charge in [-0.15, -0.1) is 0 Å². The number of aryl methyl sites for hydroxylation is 1. The maximum Gasteiger partial charge on any atom is 0.257 e. The number of rotatable bonds is 5. The molecule has 1 saturated heterocycles. The lowest BCUT2D eigenvalue weighted by Crippen LogP contribution is -2.34. The lowest BCUT2D eigenvalue weighted by atomic mass is 10.1. The average Bonchev–Trinajstić information content (AvgIpc) is 3.15. The van der Waals surface area contributed by atoms with Crippen LogP contribution >= 0.6 is 0 Å². The Morgan fingerprint density at radius 1 is 1.32 bits per heavy atom. The van der Waals surface area contributed by atoms with Gasteiger partial charge in [-0.1, -0.05) is 23.4 Å². The second-order valence-corrected chi connectivity index (χ2v) is 7.53. The normalized spacial score (nSPS) is 19.6. The van der Waals surface area contributed by atoms with Crippen molar-refractivity contribution >= 4 is 10.0 Å². The molecule has 3 rings (SSSR count). The fourth-order valence-electron chi connectivity index (χ4n) is 2.88. The van der Waals surface area contributed by atoms with E-state index in [0.29, 0.717) is 24.7 Å². The summed E-state index contributed by atoms with van der Waals surface area (Å²) in [6.45, 7) is 0.616. The highest BCUT2D eigenvalue weighted by molar-refractivity contribution is 7.88. The van der Waals surface area contributed by atoms with Crippen molar-refractivity contribution in [3.63, 3.8) is 0 Å². The summed E-state index contributed by atoms with van der Waals surface area (Å²) < 4.78 is 30.3. The minimum Gasteiger partial charge on any atom is -0.334 e. The van der Waals surface area contributed by atoms with Gasteiger partial charge in [0, 0.05) is 24.6 Å². The molecule has 0 saturated carbocycles. The van der Waals surface area contributed by atoms with Crippen molar-refractivity contribution < 1.29 is 12.9 Å². The molecule has 0 N–H and O–H groups in total. The summed E-state index contributed by atoms with van der Waals surface area (Å²) in [5.74, 6) is 1.13. The SMILES string of the molecule is CS(=O)(=O)N1CCCC1CCc1noc(-c2ccccc2)n1. The number of benzene rings is 1. The van der Waals surface area contributed by atoms with Gasteiger partial charge in [-0.3, -0.25) is 0 Å². The van der Waals surface area contributed by atoms with Gasteiger partial charge in [0.25, 0.3) is 5.89 Å². The van der Waals surface area contributed by atoms with Gasteiger partial charge >= 0.3 is 0 Å². The van der Waals surface area contributed by atoms with Gasteiger partial charge in [0.05, 0.1) is 6.26 Å². The van der Waals surface area contributed by atoms with Crippen molar-refractivity contribution in [2.24, 2.45) is 0 Å². The smallest absolute Gasteiger partial charge is 0.257 e. The summed E-state index contributed by atoms with van der Waals surface area (Å²) in [5, 5.41) is 3.99. The van der Waals surface area contributed by atoms with Gasteiger partial charge in [-0.2, -0.15) is 9.29 Å². The highest BCUT2D eigenvalue weighted by atomic mass is 32.2. The van der Waals surface area contributed by atoms with E-state index in [1.807, 2.05) is 30.3 Å². The molecular weight excluding hydrogens is 302 g/mol. The Balaban J connectivity index is 1.64. The second-order valence-electron chi connectivity index (χ2n) is 5.59. The van der Waals surface area contributed by atoms with Gasteiger partial charge in [-0.25, -0.2) is 8.42 Å². The summed E-state index contributed by atoms with van der Waals surface area (Å²) in [6, 6.07) is 9.65. The zero-order chi connectivity index (χ0) is 15.6. The molecule has 0 amide bonds. The molecule has 1 aromatic carbocycles. The number of nitrogens with zero attached hydrogens (tertiary/aromatic N) is 3. The summed E-state index contributed by atoms with van der Waals surface area (Å²) in [4.78, 5) is 4.38. The Morgan fingerprint density at radius 2 is 2.09 bits per heavy atom. The molecular formula is C15H19N3O3S. The number of hydrogen-bond acceptors (Lipinski definition) is 5. The molecule has 7 heteroatoms. The highest BCUT2D eigenvalue weighted by Crippen LogP contribution is 2.24. The summed E-state index contributed by atoms with van der Waals surface area (Å²) in [5.41, 5.74) is 0.889. The van der Waals surface area contributed by atoms with Crippen LogP contribution in [-0.4, -0.2) is 41.7 Å². The second kappa shape index (κ2) is 6.18. The zero-order valence-electron chi connectivity index (χ0n) is 12.5. The van der Waals surface area contributed by atoms with Crippen LogP contribution in [0, 0.1) is 0 Å². The molecule has 1 aliphatic heterocycles. The average molecular weight is 321 g/mol. The van der Waals surface area contributed by atoms with Crippen LogP contribution in [0.5, 0.6) is 0 Å². The van der Waals surface area contributed by atoms with Gasteiger partial charge in [0.1, 0.15) is 0 Å². The van der Waals surface area contributed by atoms with Crippen LogP contribution in [0.3, 0.4) is 0 Å². The first-order valence-electron chi connectivity index (χ1n) is 7.39. The van der Waals surface area contributed by atoms with E-state index in [9.17, 15) is 8.42 Å². The van der Waals surface area contributed by atoms with Gasteiger partial charge < -0.3 is 4.52 Å². The monoisotopic (exact) mass is 321 g/mol. The molecule has 2 heterocycles. The lowest BCUT2D eigenvalue weighted by Gasteiger charge is -2.21. The van der Waals surface area contributed by atoms with E-state index in [2.05, 4.69) is 10.1 Å². The summed E-state index contributed by atoms with van der Waals surface area (Å²) in [6.07, 6.45) is 4.43. The lowest BCUT2D eigenvalue weighted by molar-refractivity contribution is 0.367. The minimum absolute atomic E-state index is 0.0497. The van der Waals surface area contributed by atoms with Crippen LogP contribution in [0.15, 0.2) is 34.9 Å². The van der Waals surface area contributed by atoms with Gasteiger partial charge in [-0.05, 0) is 31.4 Å². The molecule has 1 atom stereocenters. The first-order chi connectivity index (χ1) is 10.5. The fraction of sp³-hybridized carbons (Fsp3) is 0.467. The molecule has 1 aliphatic rings. The molecule has 22 heavy (non-hydrogen) atoms. The highest BCUT2D eigenvalue weighted by Gasteiger charge is 2.31. The number of hydrogen-bond donors (Lipinski definition) is 0. The standard InChI is InChI=1S/C15H19N3O3S/c1-22(19,20)18-11-5-8-13(18)9-10-14-16-15(21-17-14)12-6-3-2-4-7-12/h2-4,6-7,13H,5,8-11H2,1H3. The Hall–Kier alpha value is -1.73. The quantitative estimate of drug-likeness (QED) is 0.843. The van der Waals surface area contributed by atoms with Crippen LogP contribution < -0.4 is 0 Å². The van der Waals surface area contributed by atoms with Gasteiger partial charge in [0.15, 0.2) is 5.82 Å². The fourth-order valence-corrected chi connectivity index (χ4v) is 4.10. The summed E-state index contributed by atoms with van der Waals surface area (Å²) in [7, 11) is -3.12. The van der Waals surface area contributed by atoms with Crippen molar-refractivity contribution in [2.45, 2.75) is 31.7 Å². The molecule has 0 aliphatic carbocycles. The van der Waals surface area contributed by atoms with E-state index in [-0.39, 0.29) is 6.04 Å². The Morgan fingerprint density at radius 3 is 2.82 bits per heavy atom. The predicted molar refractivity (Wildman–Crippen MR) is 82.6 cm³/mol.